The molecular weight excluding hydrogens is 633 g/mol. The van der Waals surface area contributed by atoms with Crippen molar-refractivity contribution in [3.05, 3.63) is 62.0 Å². The zero-order valence-corrected chi connectivity index (χ0v) is 30.7. The molecule has 0 bridgehead atoms. The molecule has 0 spiro atoms. The molecule has 0 aliphatic carbocycles. The average molecular weight is 671 g/mol. The van der Waals surface area contributed by atoms with Gasteiger partial charge in [0.15, 0.2) is 0 Å². The number of piperazine rings is 2. The van der Waals surface area contributed by atoms with E-state index in [1.807, 2.05) is 0 Å². The number of pyridine rings is 2. The van der Waals surface area contributed by atoms with E-state index < -0.39 is 17.0 Å². The van der Waals surface area contributed by atoms with E-state index in [0.29, 0.717) is 0 Å². The molecule has 0 unspecified atom stereocenters. The van der Waals surface area contributed by atoms with E-state index in [-0.39, 0.29) is 133 Å². The molecule has 4 rings (SSSR count). The molecule has 2 saturated heterocycles. The Kier molecular flexibility index (Phi) is 33.7. The molecule has 4 heterocycles. The molecule has 42 heavy (non-hydrogen) atoms. The van der Waals surface area contributed by atoms with Crippen molar-refractivity contribution in [1.29, 1.82) is 0 Å². The predicted molar refractivity (Wildman–Crippen MR) is 154 cm³/mol. The maximum Gasteiger partial charge on any atom is 1.00 e. The van der Waals surface area contributed by atoms with Gasteiger partial charge in [-0.25, -0.2) is 9.97 Å². The number of carbonyl (C=O) groups is 1. The molecule has 19 heteroatoms. The van der Waals surface area contributed by atoms with E-state index in [0.717, 1.165) is 51.3 Å². The van der Waals surface area contributed by atoms with Gasteiger partial charge in [-0.2, -0.15) is 0 Å². The Morgan fingerprint density at radius 1 is 0.976 bits per heavy atom. The molecule has 0 amide bonds. The van der Waals surface area contributed by atoms with Crippen LogP contribution in [0.1, 0.15) is 8.80 Å². The molecule has 227 valence electrons. The summed E-state index contributed by atoms with van der Waals surface area (Å²) in [5.41, 5.74) is -0.0118. The average Bonchev–Trinajstić information content (AvgIpc) is 2.95. The first kappa shape index (κ1) is 46.1. The van der Waals surface area contributed by atoms with Crippen molar-refractivity contribution in [3.8, 4) is 0 Å². The van der Waals surface area contributed by atoms with Crippen LogP contribution in [0.5, 0.6) is 0 Å². The molecule has 2 aliphatic rings. The number of anilines is 1. The fraction of sp³-hybridized carbons (Fsp3) is 0.522. The number of halogens is 2. The van der Waals surface area contributed by atoms with Gasteiger partial charge in [0.25, 0.3) is 17.8 Å². The second kappa shape index (κ2) is 30.7. The number of alkyl halides is 1. The zero-order chi connectivity index (χ0) is 30.3. The van der Waals surface area contributed by atoms with Gasteiger partial charge in [-0.15, -0.1) is 0 Å². The predicted octanol–water partition coefficient (Wildman–Crippen LogP) is -1.81. The van der Waals surface area contributed by atoms with Crippen LogP contribution in [0.2, 0.25) is 5.15 Å². The normalized spacial score (nSPS) is 14.0. The van der Waals surface area contributed by atoms with Crippen LogP contribution in [-0.2, 0) is 9.68 Å². The van der Waals surface area contributed by atoms with Crippen LogP contribution in [0, 0.1) is 20.2 Å². The van der Waals surface area contributed by atoms with E-state index in [9.17, 15) is 24.6 Å². The molecule has 1 radical (unpaired) electrons. The Bertz CT molecular complexity index is 981. The minimum Gasteiger partial charge on any atom is -0.662 e. The quantitative estimate of drug-likeness (QED) is 0.0960. The van der Waals surface area contributed by atoms with Gasteiger partial charge in [0, 0.05) is 116 Å². The van der Waals surface area contributed by atoms with Crippen molar-refractivity contribution in [1.82, 2.24) is 25.1 Å². The first-order chi connectivity index (χ1) is 19.1. The van der Waals surface area contributed by atoms with Crippen molar-refractivity contribution in [2.75, 3.05) is 78.5 Å². The summed E-state index contributed by atoms with van der Waals surface area (Å²) in [5, 5.41) is 32.5. The molecular formula is C23H37ClFK2N8O7. The first-order valence-electron chi connectivity index (χ1n) is 12.1. The van der Waals surface area contributed by atoms with Gasteiger partial charge in [-0.1, -0.05) is 19.0 Å². The van der Waals surface area contributed by atoms with Crippen LogP contribution < -0.4 is 66.9 Å². The monoisotopic (exact) mass is 670 g/mol. The maximum atomic E-state index is 10.5. The number of hydrogen-bond acceptors (Lipinski definition) is 13. The number of carbonyl (C=O) groups excluding carboxylic acids is 1. The molecule has 0 atom stereocenters. The molecule has 2 fully saturated rings. The van der Waals surface area contributed by atoms with Gasteiger partial charge in [0.05, 0.1) is 18.4 Å². The number of aromatic nitrogens is 2. The molecule has 1 N–H and O–H groups in total. The summed E-state index contributed by atoms with van der Waals surface area (Å²) in [7, 11) is 3.24. The summed E-state index contributed by atoms with van der Waals surface area (Å²) in [6.45, 7) is 8.40. The van der Waals surface area contributed by atoms with Gasteiger partial charge in [0.1, 0.15) is 23.4 Å². The number of likely N-dealkylation sites (N-methyl/N-ethyl adjacent to an activating group) is 2. The van der Waals surface area contributed by atoms with Gasteiger partial charge in [-0.05, 0) is 26.2 Å². The third kappa shape index (κ3) is 23.1. The Labute approximate surface area is 337 Å². The summed E-state index contributed by atoms with van der Waals surface area (Å²) in [4.78, 5) is 45.2. The summed E-state index contributed by atoms with van der Waals surface area (Å²) in [6.07, 6.45) is 2.43. The van der Waals surface area contributed by atoms with Crippen molar-refractivity contribution < 1.29 is 81.9 Å². The summed E-state index contributed by atoms with van der Waals surface area (Å²) < 4.78 is 15.5. The third-order valence-corrected chi connectivity index (χ3v) is 5.30. The molecule has 15 nitrogen and oxygen atoms in total. The summed E-state index contributed by atoms with van der Waals surface area (Å²) in [6, 6.07) is 5.89. The Morgan fingerprint density at radius 3 is 1.71 bits per heavy atom. The number of hydrogen-bond donors (Lipinski definition) is 1. The number of rotatable bonds is 4. The van der Waals surface area contributed by atoms with Gasteiger partial charge < -0.3 is 30.2 Å². The maximum absolute atomic E-state index is 10.5. The van der Waals surface area contributed by atoms with Crippen molar-refractivity contribution in [3.63, 3.8) is 0 Å². The minimum absolute atomic E-state index is 0. The van der Waals surface area contributed by atoms with E-state index in [1.165, 1.54) is 37.5 Å². The smallest absolute Gasteiger partial charge is 0.662 e. The molecule has 2 aromatic heterocycles. The minimum atomic E-state index is -1.00. The third-order valence-electron chi connectivity index (χ3n) is 5.07. The topological polar surface area (TPSA) is 183 Å². The van der Waals surface area contributed by atoms with E-state index >= 15 is 0 Å². The fourth-order valence-electron chi connectivity index (χ4n) is 2.96. The Morgan fingerprint density at radius 2 is 1.40 bits per heavy atom. The second-order valence-electron chi connectivity index (χ2n) is 7.76. The van der Waals surface area contributed by atoms with E-state index in [1.54, 1.807) is 6.07 Å². The van der Waals surface area contributed by atoms with E-state index in [4.69, 9.17) is 23.0 Å². The first-order valence-corrected chi connectivity index (χ1v) is 11.7. The fourth-order valence-corrected chi connectivity index (χ4v) is 3.07. The largest absolute Gasteiger partial charge is 1.00 e. The second-order valence-corrected chi connectivity index (χ2v) is 8.15. The summed E-state index contributed by atoms with van der Waals surface area (Å²) in [5.74, 6) is 0.818. The molecule has 0 aromatic carbocycles. The van der Waals surface area contributed by atoms with Crippen LogP contribution >= 0.6 is 11.6 Å². The zero-order valence-electron chi connectivity index (χ0n) is 24.6. The number of nitro groups is 2. The van der Waals surface area contributed by atoms with Crippen LogP contribution in [0.4, 0.5) is 21.6 Å². The standard InChI is InChI=1S/C10H14N4O2.C5H3ClN2O2.C5H12N2.CH3F.CH2O3.CH4.2K/c1-12-4-6-13(7-5-12)10-3-2-9(8-11-10)14(15)16;6-5-2-1-4(3-7-5)8(9)10;1-7-4-2-6-3-5-7;1-2;2-1-4-3;;;/h2-3,8H,4-7H2,1H3;1-3H;6H,2-5H2,1H3;1H3;1,3H;1H4;;/q;;;;;;;+1/p-1/i;;;1D;;;;. The van der Waals surface area contributed by atoms with Gasteiger partial charge in [-0.3, -0.25) is 29.4 Å². The van der Waals surface area contributed by atoms with Crippen molar-refractivity contribution >= 4 is 86.7 Å². The molecule has 2 aliphatic heterocycles. The SMILES string of the molecule is C.CN1CCN(c2ccc([N+](=O)[O-])cn2)CC1.CN1CCNCC1.O=CO[O-].O=[N+]([O-])c1ccc(Cl)nc1.[2H]CF.[K+].[K]. The number of nitrogens with one attached hydrogen (secondary N) is 1. The van der Waals surface area contributed by atoms with Gasteiger partial charge >= 0.3 is 51.4 Å². The Balaban J connectivity index is -0.000000245. The molecule has 2 aromatic rings. The van der Waals surface area contributed by atoms with Crippen LogP contribution in [0.25, 0.3) is 0 Å². The van der Waals surface area contributed by atoms with Crippen LogP contribution in [-0.4, -0.2) is 161 Å². The van der Waals surface area contributed by atoms with Crippen LogP contribution in [0.15, 0.2) is 36.7 Å². The number of nitrogens with zero attached hydrogens (tertiary/aromatic N) is 7. The Hall–Kier alpha value is -0.297. The van der Waals surface area contributed by atoms with Crippen molar-refractivity contribution in [2.24, 2.45) is 0 Å². The van der Waals surface area contributed by atoms with E-state index in [2.05, 4.69) is 49.0 Å². The van der Waals surface area contributed by atoms with Crippen molar-refractivity contribution in [2.45, 2.75) is 7.43 Å². The van der Waals surface area contributed by atoms with Crippen LogP contribution in [0.3, 0.4) is 0 Å². The molecule has 0 saturated carbocycles. The summed E-state index contributed by atoms with van der Waals surface area (Å²) >= 11 is 5.38. The van der Waals surface area contributed by atoms with Gasteiger partial charge in [0.2, 0.25) is 0 Å².